The summed E-state index contributed by atoms with van der Waals surface area (Å²) < 4.78 is 0. The number of H-pyrrole nitrogens is 1. The Kier molecular flexibility index (Phi) is 2.65. The molecule has 76 valence electrons. The first-order valence-corrected chi connectivity index (χ1v) is 4.51. The number of pyridine rings is 1. The van der Waals surface area contributed by atoms with Gasteiger partial charge in [0.25, 0.3) is 0 Å². The number of hydrogen-bond acceptors (Lipinski definition) is 1. The van der Waals surface area contributed by atoms with Crippen molar-refractivity contribution in [1.82, 2.24) is 9.97 Å². The van der Waals surface area contributed by atoms with Crippen molar-refractivity contribution in [2.75, 3.05) is 0 Å². The lowest BCUT2D eigenvalue weighted by molar-refractivity contribution is 0.596. The zero-order valence-electron chi connectivity index (χ0n) is 8.26. The SMILES string of the molecule is C.CC(C)(C)c1c[nH]c2ncccc12. The molecule has 0 amide bonds. The van der Waals surface area contributed by atoms with Gasteiger partial charge in [0.1, 0.15) is 5.65 Å². The normalized spacial score (nSPS) is 11.4. The van der Waals surface area contributed by atoms with E-state index in [4.69, 9.17) is 0 Å². The van der Waals surface area contributed by atoms with Crippen molar-refractivity contribution in [3.63, 3.8) is 0 Å². The largest absolute Gasteiger partial charge is 0.346 e. The molecule has 2 rings (SSSR count). The fourth-order valence-electron chi connectivity index (χ4n) is 1.58. The van der Waals surface area contributed by atoms with Gasteiger partial charge in [0.2, 0.25) is 0 Å². The Bertz CT molecular complexity index is 421. The maximum absolute atomic E-state index is 4.26. The van der Waals surface area contributed by atoms with Crippen LogP contribution in [0.25, 0.3) is 11.0 Å². The van der Waals surface area contributed by atoms with Crippen LogP contribution >= 0.6 is 0 Å². The van der Waals surface area contributed by atoms with E-state index in [-0.39, 0.29) is 12.8 Å². The van der Waals surface area contributed by atoms with Crippen LogP contribution in [0.3, 0.4) is 0 Å². The van der Waals surface area contributed by atoms with Gasteiger partial charge in [-0.2, -0.15) is 0 Å². The highest BCUT2D eigenvalue weighted by Crippen LogP contribution is 2.28. The van der Waals surface area contributed by atoms with E-state index >= 15 is 0 Å². The molecule has 0 radical (unpaired) electrons. The predicted octanol–water partition coefficient (Wildman–Crippen LogP) is 3.50. The third-order valence-corrected chi connectivity index (χ3v) is 2.26. The maximum Gasteiger partial charge on any atom is 0.137 e. The highest BCUT2D eigenvalue weighted by molar-refractivity contribution is 5.80. The number of nitrogens with zero attached hydrogens (tertiary/aromatic N) is 1. The van der Waals surface area contributed by atoms with Crippen molar-refractivity contribution in [1.29, 1.82) is 0 Å². The highest BCUT2D eigenvalue weighted by Gasteiger charge is 2.17. The van der Waals surface area contributed by atoms with Gasteiger partial charge in [0, 0.05) is 17.8 Å². The fourth-order valence-corrected chi connectivity index (χ4v) is 1.58. The van der Waals surface area contributed by atoms with E-state index in [1.165, 1.54) is 10.9 Å². The number of rotatable bonds is 0. The van der Waals surface area contributed by atoms with Crippen molar-refractivity contribution in [2.24, 2.45) is 0 Å². The van der Waals surface area contributed by atoms with E-state index in [1.54, 1.807) is 0 Å². The molecule has 1 N–H and O–H groups in total. The molecule has 0 aliphatic rings. The van der Waals surface area contributed by atoms with Crippen LogP contribution in [0.5, 0.6) is 0 Å². The summed E-state index contributed by atoms with van der Waals surface area (Å²) in [7, 11) is 0. The Morgan fingerprint density at radius 2 is 2.00 bits per heavy atom. The zero-order chi connectivity index (χ0) is 9.47. The molecule has 0 aliphatic carbocycles. The second-order valence-electron chi connectivity index (χ2n) is 4.35. The first kappa shape index (κ1) is 10.8. The lowest BCUT2D eigenvalue weighted by Crippen LogP contribution is -2.09. The molecule has 2 aromatic heterocycles. The molecule has 2 nitrogen and oxygen atoms in total. The van der Waals surface area contributed by atoms with Gasteiger partial charge >= 0.3 is 0 Å². The van der Waals surface area contributed by atoms with Gasteiger partial charge in [-0.05, 0) is 23.1 Å². The van der Waals surface area contributed by atoms with Crippen LogP contribution in [-0.4, -0.2) is 9.97 Å². The first-order chi connectivity index (χ1) is 6.09. The van der Waals surface area contributed by atoms with Crippen LogP contribution in [0, 0.1) is 0 Å². The van der Waals surface area contributed by atoms with Gasteiger partial charge in [-0.25, -0.2) is 4.98 Å². The van der Waals surface area contributed by atoms with Gasteiger partial charge in [0.05, 0.1) is 0 Å². The summed E-state index contributed by atoms with van der Waals surface area (Å²) in [4.78, 5) is 7.44. The summed E-state index contributed by atoms with van der Waals surface area (Å²) in [5, 5.41) is 1.23. The van der Waals surface area contributed by atoms with Crippen LogP contribution in [-0.2, 0) is 5.41 Å². The number of nitrogens with one attached hydrogen (secondary N) is 1. The Morgan fingerprint density at radius 1 is 1.29 bits per heavy atom. The van der Waals surface area contributed by atoms with Crippen LogP contribution in [0.4, 0.5) is 0 Å². The standard InChI is InChI=1S/C11H14N2.CH4/c1-11(2,3)9-7-13-10-8(9)5-4-6-12-10;/h4-7H,1-3H3,(H,12,13);1H4. The summed E-state index contributed by atoms with van der Waals surface area (Å²) in [6.45, 7) is 6.63. The van der Waals surface area contributed by atoms with Crippen molar-refractivity contribution in [3.05, 3.63) is 30.1 Å². The predicted molar refractivity (Wildman–Crippen MR) is 61.5 cm³/mol. The van der Waals surface area contributed by atoms with Gasteiger partial charge < -0.3 is 4.98 Å². The lowest BCUT2D eigenvalue weighted by atomic mass is 9.87. The summed E-state index contributed by atoms with van der Waals surface area (Å²) in [6.07, 6.45) is 3.86. The fraction of sp³-hybridized carbons (Fsp3) is 0.417. The smallest absolute Gasteiger partial charge is 0.137 e. The number of aromatic amines is 1. The van der Waals surface area contributed by atoms with Gasteiger partial charge in [0.15, 0.2) is 0 Å². The molecule has 0 aromatic carbocycles. The molecule has 0 saturated carbocycles. The van der Waals surface area contributed by atoms with Crippen molar-refractivity contribution in [3.8, 4) is 0 Å². The molecule has 0 unspecified atom stereocenters. The number of aromatic nitrogens is 2. The molecule has 0 aliphatic heterocycles. The average molecular weight is 190 g/mol. The quantitative estimate of drug-likeness (QED) is 0.676. The van der Waals surface area contributed by atoms with Gasteiger partial charge in [-0.1, -0.05) is 28.2 Å². The monoisotopic (exact) mass is 190 g/mol. The van der Waals surface area contributed by atoms with Crippen molar-refractivity contribution < 1.29 is 0 Å². The third kappa shape index (κ3) is 1.65. The molecular weight excluding hydrogens is 172 g/mol. The zero-order valence-corrected chi connectivity index (χ0v) is 8.26. The van der Waals surface area contributed by atoms with Crippen LogP contribution in [0.1, 0.15) is 33.8 Å². The average Bonchev–Trinajstić information content (AvgIpc) is 2.45. The van der Waals surface area contributed by atoms with Crippen molar-refractivity contribution in [2.45, 2.75) is 33.6 Å². The minimum Gasteiger partial charge on any atom is -0.346 e. The van der Waals surface area contributed by atoms with E-state index in [1.807, 2.05) is 12.3 Å². The molecule has 0 saturated heterocycles. The first-order valence-electron chi connectivity index (χ1n) is 4.51. The second-order valence-corrected chi connectivity index (χ2v) is 4.35. The van der Waals surface area contributed by atoms with Crippen LogP contribution < -0.4 is 0 Å². The Hall–Kier alpha value is -1.31. The molecule has 2 aromatic rings. The van der Waals surface area contributed by atoms with E-state index in [0.29, 0.717) is 0 Å². The molecule has 2 heterocycles. The third-order valence-electron chi connectivity index (χ3n) is 2.26. The van der Waals surface area contributed by atoms with Crippen LogP contribution in [0.2, 0.25) is 0 Å². The molecule has 0 spiro atoms. The van der Waals surface area contributed by atoms with Gasteiger partial charge in [-0.3, -0.25) is 0 Å². The molecule has 0 atom stereocenters. The Balaban J connectivity index is 0.000000980. The van der Waals surface area contributed by atoms with E-state index in [0.717, 1.165) is 5.65 Å². The van der Waals surface area contributed by atoms with Crippen molar-refractivity contribution >= 4 is 11.0 Å². The van der Waals surface area contributed by atoms with Gasteiger partial charge in [-0.15, -0.1) is 0 Å². The summed E-state index contributed by atoms with van der Waals surface area (Å²) in [5.41, 5.74) is 2.49. The molecule has 14 heavy (non-hydrogen) atoms. The minimum atomic E-state index is 0. The highest BCUT2D eigenvalue weighted by atomic mass is 14.8. The topological polar surface area (TPSA) is 28.7 Å². The molecule has 0 fully saturated rings. The molecule has 2 heteroatoms. The molecule has 0 bridgehead atoms. The summed E-state index contributed by atoms with van der Waals surface area (Å²) in [5.74, 6) is 0. The number of hydrogen-bond donors (Lipinski definition) is 1. The summed E-state index contributed by atoms with van der Waals surface area (Å²) in [6, 6.07) is 4.09. The van der Waals surface area contributed by atoms with E-state index < -0.39 is 0 Å². The Morgan fingerprint density at radius 3 is 2.64 bits per heavy atom. The Labute approximate surface area is 85.4 Å². The summed E-state index contributed by atoms with van der Waals surface area (Å²) >= 11 is 0. The van der Waals surface area contributed by atoms with E-state index in [9.17, 15) is 0 Å². The lowest BCUT2D eigenvalue weighted by Gasteiger charge is -2.16. The number of fused-ring (bicyclic) bond motifs is 1. The van der Waals surface area contributed by atoms with Crippen LogP contribution in [0.15, 0.2) is 24.5 Å². The maximum atomic E-state index is 4.26. The second kappa shape index (κ2) is 3.45. The molecular formula is C12H18N2. The van der Waals surface area contributed by atoms with E-state index in [2.05, 4.69) is 43.0 Å². The minimum absolute atomic E-state index is 0.